The van der Waals surface area contributed by atoms with Crippen LogP contribution in [0, 0.1) is 16.7 Å². The molecule has 0 aliphatic carbocycles. The summed E-state index contributed by atoms with van der Waals surface area (Å²) in [6.07, 6.45) is 5.64. The van der Waals surface area contributed by atoms with Gasteiger partial charge in [-0.15, -0.1) is 0 Å². The van der Waals surface area contributed by atoms with Crippen LogP contribution in [0.1, 0.15) is 80.1 Å². The maximum absolute atomic E-state index is 13.1. The van der Waals surface area contributed by atoms with Crippen LogP contribution in [-0.4, -0.2) is 29.6 Å². The van der Waals surface area contributed by atoms with Gasteiger partial charge in [-0.1, -0.05) is 52.7 Å². The van der Waals surface area contributed by atoms with Crippen molar-refractivity contribution in [3.05, 3.63) is 11.6 Å². The first-order valence-corrected chi connectivity index (χ1v) is 9.51. The van der Waals surface area contributed by atoms with Crippen molar-refractivity contribution < 1.29 is 19.4 Å². The van der Waals surface area contributed by atoms with Crippen LogP contribution in [0.3, 0.4) is 0 Å². The number of carbonyl (C=O) groups is 2. The summed E-state index contributed by atoms with van der Waals surface area (Å²) >= 11 is 0. The number of esters is 1. The van der Waals surface area contributed by atoms with Gasteiger partial charge in [0.2, 0.25) is 0 Å². The highest BCUT2D eigenvalue weighted by Crippen LogP contribution is 2.38. The van der Waals surface area contributed by atoms with Gasteiger partial charge in [0.25, 0.3) is 0 Å². The van der Waals surface area contributed by atoms with E-state index < -0.39 is 22.9 Å². The quantitative estimate of drug-likeness (QED) is 0.517. The molecule has 0 spiro atoms. The van der Waals surface area contributed by atoms with E-state index in [1.54, 1.807) is 13.8 Å². The van der Waals surface area contributed by atoms with E-state index >= 15 is 0 Å². The minimum atomic E-state index is -1.03. The lowest BCUT2D eigenvalue weighted by atomic mass is 9.67. The van der Waals surface area contributed by atoms with Crippen LogP contribution >= 0.6 is 0 Å². The molecule has 4 nitrogen and oxygen atoms in total. The fourth-order valence-corrected chi connectivity index (χ4v) is 3.87. The summed E-state index contributed by atoms with van der Waals surface area (Å²) in [7, 11) is 0. The molecular weight excluding hydrogens is 316 g/mol. The van der Waals surface area contributed by atoms with Gasteiger partial charge in [-0.2, -0.15) is 0 Å². The smallest absolute Gasteiger partial charge is 0.308 e. The zero-order chi connectivity index (χ0) is 19.3. The van der Waals surface area contributed by atoms with Crippen LogP contribution in [0.2, 0.25) is 0 Å². The van der Waals surface area contributed by atoms with E-state index in [2.05, 4.69) is 19.9 Å². The third-order valence-electron chi connectivity index (χ3n) is 5.39. The standard InChI is InChI=1S/C21H36O4/c1-15-9-7-10-16(2)14-20(3,4)19(24)21(5,6)17(22)13-18(23)25-12-8-11-15/h11,16-17,22H,7-10,12-14H2,1-6H3/b15-11-/t16?,17-/m0/s1. The Kier molecular flexibility index (Phi) is 7.86. The molecule has 0 saturated carbocycles. The number of carbonyl (C=O) groups excluding carboxylic acids is 2. The molecule has 0 aromatic carbocycles. The van der Waals surface area contributed by atoms with Crippen LogP contribution in [0.5, 0.6) is 0 Å². The van der Waals surface area contributed by atoms with E-state index in [4.69, 9.17) is 4.74 Å². The fraction of sp³-hybridized carbons (Fsp3) is 0.810. The second kappa shape index (κ2) is 8.98. The highest BCUT2D eigenvalue weighted by molar-refractivity contribution is 5.90. The molecule has 2 atom stereocenters. The van der Waals surface area contributed by atoms with Crippen molar-refractivity contribution in [2.75, 3.05) is 6.61 Å². The summed E-state index contributed by atoms with van der Waals surface area (Å²) in [4.78, 5) is 25.0. The summed E-state index contributed by atoms with van der Waals surface area (Å²) < 4.78 is 5.20. The predicted molar refractivity (Wildman–Crippen MR) is 100 cm³/mol. The van der Waals surface area contributed by atoms with Crippen LogP contribution in [0.4, 0.5) is 0 Å². The predicted octanol–water partition coefficient (Wildman–Crippen LogP) is 4.45. The number of hydrogen-bond acceptors (Lipinski definition) is 4. The minimum Gasteiger partial charge on any atom is -0.465 e. The average molecular weight is 353 g/mol. The number of rotatable bonds is 0. The molecule has 1 N–H and O–H groups in total. The van der Waals surface area contributed by atoms with Gasteiger partial charge < -0.3 is 9.84 Å². The molecule has 1 unspecified atom stereocenters. The van der Waals surface area contributed by atoms with Crippen LogP contribution < -0.4 is 0 Å². The van der Waals surface area contributed by atoms with Gasteiger partial charge in [0.15, 0.2) is 0 Å². The highest BCUT2D eigenvalue weighted by Gasteiger charge is 2.44. The van der Waals surface area contributed by atoms with Crippen molar-refractivity contribution in [2.45, 2.75) is 86.2 Å². The molecule has 0 radical (unpaired) electrons. The van der Waals surface area contributed by atoms with Gasteiger partial charge >= 0.3 is 5.97 Å². The Balaban J connectivity index is 2.98. The number of Topliss-reactive ketones (excluding diaryl/α,β-unsaturated/α-hetero) is 1. The SMILES string of the molecule is C/C1=C/CCOC(=O)C[C@H](O)C(C)(C)C(=O)C(C)(C)CC(C)CCC1. The largest absolute Gasteiger partial charge is 0.465 e. The van der Waals surface area contributed by atoms with E-state index in [0.29, 0.717) is 18.9 Å². The van der Waals surface area contributed by atoms with E-state index in [1.165, 1.54) is 5.57 Å². The Morgan fingerprint density at radius 1 is 1.20 bits per heavy atom. The number of cyclic esters (lactones) is 1. The molecule has 1 heterocycles. The van der Waals surface area contributed by atoms with Crippen molar-refractivity contribution in [3.8, 4) is 0 Å². The van der Waals surface area contributed by atoms with E-state index in [9.17, 15) is 14.7 Å². The topological polar surface area (TPSA) is 63.6 Å². The van der Waals surface area contributed by atoms with Crippen LogP contribution in [-0.2, 0) is 14.3 Å². The Bertz CT molecular complexity index is 502. The first-order chi connectivity index (χ1) is 11.5. The first-order valence-electron chi connectivity index (χ1n) is 9.51. The summed E-state index contributed by atoms with van der Waals surface area (Å²) in [5.41, 5.74) is -0.196. The van der Waals surface area contributed by atoms with Gasteiger partial charge in [0.05, 0.1) is 24.5 Å². The lowest BCUT2D eigenvalue weighted by molar-refractivity contribution is -0.152. The number of ether oxygens (including phenoxy) is 1. The second-order valence-electron chi connectivity index (χ2n) is 8.92. The third kappa shape index (κ3) is 6.58. The molecule has 25 heavy (non-hydrogen) atoms. The van der Waals surface area contributed by atoms with Gasteiger partial charge in [-0.05, 0) is 38.5 Å². The Morgan fingerprint density at radius 2 is 1.84 bits per heavy atom. The molecule has 0 amide bonds. The molecule has 1 aliphatic rings. The number of aliphatic hydroxyl groups is 1. The molecule has 0 aromatic rings. The lowest BCUT2D eigenvalue weighted by Gasteiger charge is -2.37. The summed E-state index contributed by atoms with van der Waals surface area (Å²) in [5.74, 6) is 0.00517. The third-order valence-corrected chi connectivity index (χ3v) is 5.39. The highest BCUT2D eigenvalue weighted by atomic mass is 16.5. The number of hydrogen-bond donors (Lipinski definition) is 1. The number of allylic oxidation sites excluding steroid dienone is 1. The molecule has 0 fully saturated rings. The minimum absolute atomic E-state index is 0.00956. The molecule has 0 bridgehead atoms. The van der Waals surface area contributed by atoms with Gasteiger partial charge in [-0.25, -0.2) is 0 Å². The Morgan fingerprint density at radius 3 is 2.48 bits per heavy atom. The molecule has 0 saturated heterocycles. The fourth-order valence-electron chi connectivity index (χ4n) is 3.87. The monoisotopic (exact) mass is 352 g/mol. The normalized spacial score (nSPS) is 31.7. The molecule has 1 aliphatic heterocycles. The van der Waals surface area contributed by atoms with Gasteiger partial charge in [0.1, 0.15) is 5.78 Å². The second-order valence-corrected chi connectivity index (χ2v) is 8.92. The number of aliphatic hydroxyl groups excluding tert-OH is 1. The summed E-state index contributed by atoms with van der Waals surface area (Å²) in [6.45, 7) is 12.0. The maximum Gasteiger partial charge on any atom is 0.308 e. The van der Waals surface area contributed by atoms with Crippen LogP contribution in [0.15, 0.2) is 11.6 Å². The lowest BCUT2D eigenvalue weighted by Crippen LogP contribution is -2.46. The molecule has 0 aromatic heterocycles. The maximum atomic E-state index is 13.1. The van der Waals surface area contributed by atoms with Crippen molar-refractivity contribution in [1.82, 2.24) is 0 Å². The summed E-state index contributed by atoms with van der Waals surface area (Å²) in [5, 5.41) is 10.5. The van der Waals surface area contributed by atoms with Crippen molar-refractivity contribution in [1.29, 1.82) is 0 Å². The Labute approximate surface area is 153 Å². The van der Waals surface area contributed by atoms with E-state index in [0.717, 1.165) is 25.7 Å². The summed E-state index contributed by atoms with van der Waals surface area (Å²) in [6, 6.07) is 0. The van der Waals surface area contributed by atoms with Crippen molar-refractivity contribution in [3.63, 3.8) is 0 Å². The average Bonchev–Trinajstić information content (AvgIpc) is 2.49. The zero-order valence-corrected chi connectivity index (χ0v) is 16.9. The zero-order valence-electron chi connectivity index (χ0n) is 16.9. The molecule has 144 valence electrons. The van der Waals surface area contributed by atoms with Gasteiger partial charge in [-0.3, -0.25) is 9.59 Å². The Hall–Kier alpha value is -1.16. The van der Waals surface area contributed by atoms with Gasteiger partial charge in [0, 0.05) is 5.41 Å². The molecular formula is C21H36O4. The molecule has 4 heteroatoms. The first kappa shape index (κ1) is 21.9. The van der Waals surface area contributed by atoms with Crippen molar-refractivity contribution in [2.24, 2.45) is 16.7 Å². The van der Waals surface area contributed by atoms with Crippen LogP contribution in [0.25, 0.3) is 0 Å². The number of ketones is 1. The molecule has 1 rings (SSSR count). The van der Waals surface area contributed by atoms with E-state index in [1.807, 2.05) is 13.8 Å². The van der Waals surface area contributed by atoms with E-state index in [-0.39, 0.29) is 12.2 Å². The van der Waals surface area contributed by atoms with Crippen molar-refractivity contribution >= 4 is 11.8 Å².